The summed E-state index contributed by atoms with van der Waals surface area (Å²) >= 11 is 0. The monoisotopic (exact) mass is 737 g/mol. The molecule has 0 aliphatic rings. The van der Waals surface area contributed by atoms with Crippen LogP contribution in [-0.2, 0) is 0 Å². The Bertz CT molecular complexity index is 3310. The summed E-state index contributed by atoms with van der Waals surface area (Å²) in [4.78, 5) is 15.3. The molecule has 0 bridgehead atoms. The highest BCUT2D eigenvalue weighted by atomic mass is 15.0. The zero-order chi connectivity index (χ0) is 38.4. The smallest absolute Gasteiger partial charge is 0.164 e. The van der Waals surface area contributed by atoms with Gasteiger partial charge in [-0.2, -0.15) is 0 Å². The van der Waals surface area contributed by atoms with Gasteiger partial charge in [0.1, 0.15) is 0 Å². The summed E-state index contributed by atoms with van der Waals surface area (Å²) in [5, 5.41) is 9.86. The Morgan fingerprint density at radius 2 is 0.690 bits per heavy atom. The van der Waals surface area contributed by atoms with Crippen LogP contribution in [0.4, 0.5) is 0 Å². The first kappa shape index (κ1) is 33.6. The zero-order valence-corrected chi connectivity index (χ0v) is 31.5. The highest BCUT2D eigenvalue weighted by molar-refractivity contribution is 6.29. The third kappa shape index (κ3) is 5.72. The molecule has 0 radical (unpaired) electrons. The molecule has 58 heavy (non-hydrogen) atoms. The molecule has 0 fully saturated rings. The fourth-order valence-electron chi connectivity index (χ4n) is 8.66. The van der Waals surface area contributed by atoms with Crippen molar-refractivity contribution >= 4 is 43.1 Å². The quantitative estimate of drug-likeness (QED) is 0.126. The van der Waals surface area contributed by atoms with Gasteiger partial charge in [0.25, 0.3) is 0 Å². The lowest BCUT2D eigenvalue weighted by Crippen LogP contribution is -2.01. The normalized spacial score (nSPS) is 11.4. The fourth-order valence-corrected chi connectivity index (χ4v) is 8.66. The van der Waals surface area contributed by atoms with Gasteiger partial charge in [-0.15, -0.1) is 0 Å². The van der Waals surface area contributed by atoms with Gasteiger partial charge in [-0.05, 0) is 76.5 Å². The number of nitrogens with zero attached hydrogens (tertiary/aromatic N) is 3. The van der Waals surface area contributed by atoms with Crippen LogP contribution in [-0.4, -0.2) is 15.0 Å². The van der Waals surface area contributed by atoms with E-state index in [1.165, 1.54) is 59.8 Å². The van der Waals surface area contributed by atoms with Crippen LogP contribution in [0.2, 0.25) is 0 Å². The van der Waals surface area contributed by atoms with E-state index >= 15 is 0 Å². The first-order valence-corrected chi connectivity index (χ1v) is 19.7. The second-order valence-corrected chi connectivity index (χ2v) is 14.7. The van der Waals surface area contributed by atoms with Crippen molar-refractivity contribution in [3.05, 3.63) is 212 Å². The Kier molecular flexibility index (Phi) is 8.15. The summed E-state index contributed by atoms with van der Waals surface area (Å²) in [6, 6.07) is 75.3. The van der Waals surface area contributed by atoms with Crippen LogP contribution < -0.4 is 0 Å². The molecule has 0 aliphatic carbocycles. The molecule has 0 N–H and O–H groups in total. The average Bonchev–Trinajstić information content (AvgIpc) is 3.31. The topological polar surface area (TPSA) is 38.7 Å². The first-order chi connectivity index (χ1) is 28.8. The predicted molar refractivity (Wildman–Crippen MR) is 242 cm³/mol. The number of rotatable bonds is 6. The summed E-state index contributed by atoms with van der Waals surface area (Å²) in [6.45, 7) is 0. The average molecular weight is 738 g/mol. The van der Waals surface area contributed by atoms with Crippen molar-refractivity contribution < 1.29 is 0 Å². The Morgan fingerprint density at radius 3 is 1.40 bits per heavy atom. The first-order valence-electron chi connectivity index (χ1n) is 19.7. The minimum atomic E-state index is 0.629. The molecule has 0 atom stereocenters. The number of hydrogen-bond acceptors (Lipinski definition) is 3. The molecule has 3 nitrogen and oxygen atoms in total. The van der Waals surface area contributed by atoms with E-state index in [0.29, 0.717) is 17.5 Å². The van der Waals surface area contributed by atoms with Crippen LogP contribution in [0.1, 0.15) is 0 Å². The number of hydrogen-bond donors (Lipinski definition) is 0. The van der Waals surface area contributed by atoms with Gasteiger partial charge < -0.3 is 0 Å². The molecule has 270 valence electrons. The van der Waals surface area contributed by atoms with Gasteiger partial charge >= 0.3 is 0 Å². The van der Waals surface area contributed by atoms with Crippen LogP contribution >= 0.6 is 0 Å². The van der Waals surface area contributed by atoms with Crippen LogP contribution in [0.15, 0.2) is 212 Å². The molecule has 11 aromatic rings. The summed E-state index contributed by atoms with van der Waals surface area (Å²) in [5.41, 5.74) is 9.87. The highest BCUT2D eigenvalue weighted by Crippen LogP contribution is 2.47. The Morgan fingerprint density at radius 1 is 0.224 bits per heavy atom. The van der Waals surface area contributed by atoms with Gasteiger partial charge in [-0.3, -0.25) is 0 Å². The molecule has 0 saturated heterocycles. The molecule has 10 aromatic carbocycles. The van der Waals surface area contributed by atoms with Crippen LogP contribution in [0, 0.1) is 0 Å². The van der Waals surface area contributed by atoms with Gasteiger partial charge in [0.05, 0.1) is 0 Å². The van der Waals surface area contributed by atoms with E-state index < -0.39 is 0 Å². The van der Waals surface area contributed by atoms with E-state index in [2.05, 4.69) is 182 Å². The molecule has 0 amide bonds. The molecule has 3 heteroatoms. The van der Waals surface area contributed by atoms with Crippen molar-refractivity contribution in [3.8, 4) is 67.5 Å². The SMILES string of the molecule is c1ccc(-c2nc(-c3ccc(-c4c5ccccc5c(-c5cccc6ccccc56)c5ccc6ccccc6c45)cc3)nc(-c3ccccc3-c3ccccc3)n2)cc1. The lowest BCUT2D eigenvalue weighted by molar-refractivity contribution is 1.07. The maximum absolute atomic E-state index is 5.18. The van der Waals surface area contributed by atoms with Crippen LogP contribution in [0.3, 0.4) is 0 Å². The second kappa shape index (κ2) is 14.1. The zero-order valence-electron chi connectivity index (χ0n) is 31.5. The van der Waals surface area contributed by atoms with Gasteiger partial charge in [-0.25, -0.2) is 15.0 Å². The number of fused-ring (bicyclic) bond motifs is 5. The Balaban J connectivity index is 1.13. The van der Waals surface area contributed by atoms with Crippen LogP contribution in [0.5, 0.6) is 0 Å². The second-order valence-electron chi connectivity index (χ2n) is 14.7. The van der Waals surface area contributed by atoms with Crippen molar-refractivity contribution in [1.29, 1.82) is 0 Å². The van der Waals surface area contributed by atoms with E-state index in [1.54, 1.807) is 0 Å². The number of benzene rings is 10. The van der Waals surface area contributed by atoms with Gasteiger partial charge in [0, 0.05) is 16.7 Å². The predicted octanol–water partition coefficient (Wildman–Crippen LogP) is 14.5. The highest BCUT2D eigenvalue weighted by Gasteiger charge is 2.21. The van der Waals surface area contributed by atoms with Crippen molar-refractivity contribution in [3.63, 3.8) is 0 Å². The maximum atomic E-state index is 5.18. The Labute approximate surface area is 336 Å². The van der Waals surface area contributed by atoms with Crippen molar-refractivity contribution in [2.75, 3.05) is 0 Å². The van der Waals surface area contributed by atoms with Gasteiger partial charge in [-0.1, -0.05) is 212 Å². The lowest BCUT2D eigenvalue weighted by atomic mass is 9.83. The van der Waals surface area contributed by atoms with Crippen molar-refractivity contribution in [2.24, 2.45) is 0 Å². The minimum Gasteiger partial charge on any atom is -0.208 e. The summed E-state index contributed by atoms with van der Waals surface area (Å²) < 4.78 is 0. The third-order valence-corrected chi connectivity index (χ3v) is 11.3. The lowest BCUT2D eigenvalue weighted by Gasteiger charge is -2.20. The maximum Gasteiger partial charge on any atom is 0.164 e. The molecule has 0 saturated carbocycles. The minimum absolute atomic E-state index is 0.629. The summed E-state index contributed by atoms with van der Waals surface area (Å²) in [5.74, 6) is 1.91. The van der Waals surface area contributed by atoms with E-state index in [4.69, 9.17) is 15.0 Å². The van der Waals surface area contributed by atoms with Crippen molar-refractivity contribution in [2.45, 2.75) is 0 Å². The molecule has 1 heterocycles. The molecule has 0 aliphatic heterocycles. The summed E-state index contributed by atoms with van der Waals surface area (Å²) in [7, 11) is 0. The van der Waals surface area contributed by atoms with Gasteiger partial charge in [0.15, 0.2) is 17.5 Å². The van der Waals surface area contributed by atoms with Crippen molar-refractivity contribution in [1.82, 2.24) is 15.0 Å². The van der Waals surface area contributed by atoms with Crippen LogP contribution in [0.25, 0.3) is 111 Å². The molecular weight excluding hydrogens is 703 g/mol. The number of aromatic nitrogens is 3. The molecule has 0 unspecified atom stereocenters. The summed E-state index contributed by atoms with van der Waals surface area (Å²) in [6.07, 6.45) is 0. The molecule has 11 rings (SSSR count). The van der Waals surface area contributed by atoms with E-state index in [9.17, 15) is 0 Å². The largest absolute Gasteiger partial charge is 0.208 e. The van der Waals surface area contributed by atoms with E-state index in [-0.39, 0.29) is 0 Å². The third-order valence-electron chi connectivity index (χ3n) is 11.3. The molecule has 0 spiro atoms. The molecule has 1 aromatic heterocycles. The van der Waals surface area contributed by atoms with E-state index in [1.807, 2.05) is 30.3 Å². The Hall–Kier alpha value is -7.75. The standard InChI is InChI=1S/C55H35N3/c1-3-16-36(17-4-1)43-24-11-14-28-48(43)55-57-53(40-20-5-2-6-21-40)56-54(58-55)41-32-30-39(31-33-41)50-46-26-12-13-27-47(46)51(45-29-15-22-37-18-7-9-23-42(37)45)49-35-34-38-19-8-10-25-44(38)52(49)50/h1-35H. The fraction of sp³-hybridized carbons (Fsp3) is 0. The molecular formula is C55H35N3. The van der Waals surface area contributed by atoms with Gasteiger partial charge in [0.2, 0.25) is 0 Å². The van der Waals surface area contributed by atoms with E-state index in [0.717, 1.165) is 33.4 Å².